The highest BCUT2D eigenvalue weighted by Gasteiger charge is 2.53. The normalized spacial score (nSPS) is 23.8. The second-order valence-electron chi connectivity index (χ2n) is 9.20. The van der Waals surface area contributed by atoms with E-state index in [1.54, 1.807) is 19.1 Å². The van der Waals surface area contributed by atoms with Crippen molar-refractivity contribution in [3.63, 3.8) is 0 Å². The van der Waals surface area contributed by atoms with E-state index in [0.29, 0.717) is 37.3 Å². The van der Waals surface area contributed by atoms with Gasteiger partial charge in [-0.25, -0.2) is 4.79 Å². The highest BCUT2D eigenvalue weighted by molar-refractivity contribution is 6.09. The first-order valence-corrected chi connectivity index (χ1v) is 11.7. The Bertz CT molecular complexity index is 1150. The fourth-order valence-electron chi connectivity index (χ4n) is 5.56. The Labute approximate surface area is 198 Å². The Morgan fingerprint density at radius 3 is 2.68 bits per heavy atom. The standard InChI is InChI=1S/C26H29N3O5/c1-33-19-9-10-22(34-2)20(14-19)21-8-5-13-28(21)23(30)16-29-24(31)26(27-25(29)32)12-11-17-6-3-4-7-18(17)15-26/h3-4,6-7,9-10,14,21H,5,8,11-13,15-16H2,1-2H3,(H,27,32). The van der Waals surface area contributed by atoms with Gasteiger partial charge in [-0.3, -0.25) is 14.5 Å². The lowest BCUT2D eigenvalue weighted by Gasteiger charge is -2.32. The molecule has 0 radical (unpaired) electrons. The molecule has 2 aromatic carbocycles. The summed E-state index contributed by atoms with van der Waals surface area (Å²) in [5.74, 6) is 0.809. The summed E-state index contributed by atoms with van der Waals surface area (Å²) < 4.78 is 10.9. The third-order valence-electron chi connectivity index (χ3n) is 7.34. The predicted molar refractivity (Wildman–Crippen MR) is 125 cm³/mol. The topological polar surface area (TPSA) is 88.2 Å². The number of carbonyl (C=O) groups is 3. The second kappa shape index (κ2) is 8.66. The van der Waals surface area contributed by atoms with Crippen molar-refractivity contribution in [2.75, 3.05) is 27.3 Å². The molecule has 0 aromatic heterocycles. The van der Waals surface area contributed by atoms with Crippen LogP contribution in [0.3, 0.4) is 0 Å². The summed E-state index contributed by atoms with van der Waals surface area (Å²) in [6.07, 6.45) is 3.31. The van der Waals surface area contributed by atoms with Gasteiger partial charge < -0.3 is 19.7 Å². The van der Waals surface area contributed by atoms with E-state index < -0.39 is 11.6 Å². The zero-order valence-corrected chi connectivity index (χ0v) is 19.5. The molecule has 5 rings (SSSR count). The molecule has 4 amide bonds. The molecule has 2 heterocycles. The van der Waals surface area contributed by atoms with Crippen LogP contribution in [0.1, 0.15) is 42.0 Å². The maximum absolute atomic E-state index is 13.4. The third kappa shape index (κ3) is 3.67. The summed E-state index contributed by atoms with van der Waals surface area (Å²) in [7, 11) is 3.20. The van der Waals surface area contributed by atoms with E-state index in [1.807, 2.05) is 36.4 Å². The molecule has 0 saturated carbocycles. The molecule has 2 fully saturated rings. The molecule has 3 aliphatic rings. The minimum atomic E-state index is -0.966. The van der Waals surface area contributed by atoms with Crippen molar-refractivity contribution in [3.8, 4) is 11.5 Å². The number of methoxy groups -OCH3 is 2. The molecule has 2 aromatic rings. The molecule has 2 saturated heterocycles. The van der Waals surface area contributed by atoms with Crippen molar-refractivity contribution in [2.45, 2.75) is 43.7 Å². The average Bonchev–Trinajstić information content (AvgIpc) is 3.43. The van der Waals surface area contributed by atoms with Gasteiger partial charge in [0.05, 0.1) is 20.3 Å². The second-order valence-corrected chi connectivity index (χ2v) is 9.20. The Morgan fingerprint density at radius 1 is 1.12 bits per heavy atom. The molecule has 2 unspecified atom stereocenters. The van der Waals surface area contributed by atoms with Crippen LogP contribution in [-0.2, 0) is 22.4 Å². The molecule has 0 bridgehead atoms. The van der Waals surface area contributed by atoms with Gasteiger partial charge in [-0.05, 0) is 55.0 Å². The lowest BCUT2D eigenvalue weighted by molar-refractivity contribution is -0.139. The summed E-state index contributed by atoms with van der Waals surface area (Å²) in [6, 6.07) is 12.8. The number of hydrogen-bond donors (Lipinski definition) is 1. The number of rotatable bonds is 5. The van der Waals surface area contributed by atoms with E-state index in [9.17, 15) is 14.4 Å². The highest BCUT2D eigenvalue weighted by atomic mass is 16.5. The van der Waals surface area contributed by atoms with Gasteiger partial charge in [-0.2, -0.15) is 0 Å². The van der Waals surface area contributed by atoms with E-state index in [1.165, 1.54) is 5.56 Å². The van der Waals surface area contributed by atoms with Crippen molar-refractivity contribution in [3.05, 3.63) is 59.2 Å². The van der Waals surface area contributed by atoms with Gasteiger partial charge >= 0.3 is 6.03 Å². The number of urea groups is 1. The molecule has 1 aliphatic carbocycles. The number of imide groups is 1. The zero-order chi connectivity index (χ0) is 23.9. The van der Waals surface area contributed by atoms with Crippen LogP contribution in [0, 0.1) is 0 Å². The van der Waals surface area contributed by atoms with Crippen LogP contribution in [0.15, 0.2) is 42.5 Å². The van der Waals surface area contributed by atoms with Gasteiger partial charge in [0.15, 0.2) is 0 Å². The number of aryl methyl sites for hydroxylation is 1. The Hall–Kier alpha value is -3.55. The van der Waals surface area contributed by atoms with Gasteiger partial charge in [0.25, 0.3) is 5.91 Å². The van der Waals surface area contributed by atoms with Crippen LogP contribution in [0.2, 0.25) is 0 Å². The number of hydrogen-bond acceptors (Lipinski definition) is 5. The van der Waals surface area contributed by atoms with Crippen LogP contribution in [0.4, 0.5) is 4.79 Å². The van der Waals surface area contributed by atoms with Crippen molar-refractivity contribution in [1.82, 2.24) is 15.1 Å². The summed E-state index contributed by atoms with van der Waals surface area (Å²) in [4.78, 5) is 42.5. The number of benzene rings is 2. The smallest absolute Gasteiger partial charge is 0.325 e. The van der Waals surface area contributed by atoms with Crippen molar-refractivity contribution >= 4 is 17.8 Å². The van der Waals surface area contributed by atoms with E-state index in [4.69, 9.17) is 9.47 Å². The summed E-state index contributed by atoms with van der Waals surface area (Å²) in [6.45, 7) is 0.295. The van der Waals surface area contributed by atoms with Gasteiger partial charge in [0, 0.05) is 18.5 Å². The molecule has 1 spiro atoms. The van der Waals surface area contributed by atoms with Crippen molar-refractivity contribution in [2.24, 2.45) is 0 Å². The van der Waals surface area contributed by atoms with Crippen LogP contribution >= 0.6 is 0 Å². The Kier molecular flexibility index (Phi) is 5.67. The molecule has 1 N–H and O–H groups in total. The number of likely N-dealkylation sites (tertiary alicyclic amines) is 1. The molecule has 8 nitrogen and oxygen atoms in total. The van der Waals surface area contributed by atoms with Crippen molar-refractivity contribution in [1.29, 1.82) is 0 Å². The number of nitrogens with one attached hydrogen (secondary N) is 1. The number of carbonyl (C=O) groups excluding carboxylic acids is 3. The van der Waals surface area contributed by atoms with E-state index in [0.717, 1.165) is 28.9 Å². The Balaban J connectivity index is 1.34. The molecular weight excluding hydrogens is 434 g/mol. The largest absolute Gasteiger partial charge is 0.497 e. The average molecular weight is 464 g/mol. The lowest BCUT2D eigenvalue weighted by atomic mass is 9.78. The van der Waals surface area contributed by atoms with Gasteiger partial charge in [0.1, 0.15) is 23.6 Å². The van der Waals surface area contributed by atoms with Crippen LogP contribution in [0.5, 0.6) is 11.5 Å². The van der Waals surface area contributed by atoms with Gasteiger partial charge in [0.2, 0.25) is 5.91 Å². The lowest BCUT2D eigenvalue weighted by Crippen LogP contribution is -2.51. The third-order valence-corrected chi connectivity index (χ3v) is 7.34. The number of ether oxygens (including phenoxy) is 2. The van der Waals surface area contributed by atoms with Crippen molar-refractivity contribution < 1.29 is 23.9 Å². The predicted octanol–water partition coefficient (Wildman–Crippen LogP) is 2.85. The van der Waals surface area contributed by atoms with Gasteiger partial charge in [-0.1, -0.05) is 24.3 Å². The van der Waals surface area contributed by atoms with E-state index in [-0.39, 0.29) is 24.4 Å². The molecule has 34 heavy (non-hydrogen) atoms. The summed E-state index contributed by atoms with van der Waals surface area (Å²) >= 11 is 0. The molecule has 8 heteroatoms. The van der Waals surface area contributed by atoms with Crippen LogP contribution < -0.4 is 14.8 Å². The summed E-state index contributed by atoms with van der Waals surface area (Å²) in [5.41, 5.74) is 2.17. The minimum absolute atomic E-state index is 0.200. The number of fused-ring (bicyclic) bond motifs is 1. The number of amides is 4. The van der Waals surface area contributed by atoms with Crippen LogP contribution in [0.25, 0.3) is 0 Å². The minimum Gasteiger partial charge on any atom is -0.497 e. The summed E-state index contributed by atoms with van der Waals surface area (Å²) in [5, 5.41) is 2.91. The zero-order valence-electron chi connectivity index (χ0n) is 19.5. The number of nitrogens with zero attached hydrogens (tertiary/aromatic N) is 2. The first-order chi connectivity index (χ1) is 16.5. The monoisotopic (exact) mass is 463 g/mol. The first-order valence-electron chi connectivity index (χ1n) is 11.7. The maximum atomic E-state index is 13.4. The fourth-order valence-corrected chi connectivity index (χ4v) is 5.56. The van der Waals surface area contributed by atoms with Gasteiger partial charge in [-0.15, -0.1) is 0 Å². The van der Waals surface area contributed by atoms with Crippen LogP contribution in [-0.4, -0.2) is 60.5 Å². The quantitative estimate of drug-likeness (QED) is 0.689. The Morgan fingerprint density at radius 2 is 1.91 bits per heavy atom. The SMILES string of the molecule is COc1ccc(OC)c(C2CCCN2C(=O)CN2C(=O)NC3(CCc4ccccc4C3)C2=O)c1. The van der Waals surface area contributed by atoms with E-state index in [2.05, 4.69) is 11.4 Å². The van der Waals surface area contributed by atoms with E-state index >= 15 is 0 Å². The molecule has 178 valence electrons. The fraction of sp³-hybridized carbons (Fsp3) is 0.423. The first kappa shape index (κ1) is 22.3. The molecule has 2 atom stereocenters. The highest BCUT2D eigenvalue weighted by Crippen LogP contribution is 2.39. The molecular formula is C26H29N3O5. The molecule has 2 aliphatic heterocycles. The maximum Gasteiger partial charge on any atom is 0.325 e.